The summed E-state index contributed by atoms with van der Waals surface area (Å²) >= 11 is 4.45. The van der Waals surface area contributed by atoms with Crippen molar-refractivity contribution in [2.45, 2.75) is 61.9 Å². The molecule has 4 aliphatic carbocycles. The van der Waals surface area contributed by atoms with E-state index in [4.69, 9.17) is 4.74 Å². The Kier molecular flexibility index (Phi) is 3.88. The summed E-state index contributed by atoms with van der Waals surface area (Å²) in [5, 5.41) is 0. The van der Waals surface area contributed by atoms with Crippen LogP contribution in [-0.4, -0.2) is 28.5 Å². The van der Waals surface area contributed by atoms with Gasteiger partial charge in [0.05, 0.1) is 11.2 Å². The summed E-state index contributed by atoms with van der Waals surface area (Å²) in [6, 6.07) is 6.77. The molecule has 5 atom stereocenters. The van der Waals surface area contributed by atoms with E-state index in [1.54, 1.807) is 12.7 Å². The van der Waals surface area contributed by atoms with Crippen molar-refractivity contribution < 1.29 is 9.53 Å². The van der Waals surface area contributed by atoms with E-state index in [0.717, 1.165) is 25.0 Å². The van der Waals surface area contributed by atoms with Crippen molar-refractivity contribution in [3.63, 3.8) is 0 Å². The van der Waals surface area contributed by atoms with Crippen LogP contribution in [0.4, 0.5) is 0 Å². The van der Waals surface area contributed by atoms with Crippen molar-refractivity contribution in [1.82, 2.24) is 0 Å². The Bertz CT molecular complexity index is 845. The first-order valence-electron chi connectivity index (χ1n) is 11.0. The van der Waals surface area contributed by atoms with E-state index in [1.807, 2.05) is 0 Å². The van der Waals surface area contributed by atoms with Gasteiger partial charge < -0.3 is 4.74 Å². The molecule has 0 N–H and O–H groups in total. The quantitative estimate of drug-likeness (QED) is 0.590. The maximum Gasteiger partial charge on any atom is 0.139 e. The van der Waals surface area contributed by atoms with Crippen LogP contribution in [0.2, 0.25) is 0 Å². The molecule has 0 radical (unpaired) electrons. The number of hydrogen-bond acceptors (Lipinski definition) is 4. The number of methoxy groups -OCH3 is 1. The largest absolute Gasteiger partial charge is 0.497 e. The standard InChI is InChI=1S/C24H30O2S2/c1-22-8-7-19-18-5-4-17(26-2)11-15(18)3-6-20(19)24(22)14-23(27-9-10-28-23)13-16(24)12-21(22)25/h4-5,11,16,19-20H,3,6-10,12-14H2,1-2H3/t16-,19+,20+,22+,24+/m0/s1. The van der Waals surface area contributed by atoms with Crippen molar-refractivity contribution >= 4 is 29.3 Å². The van der Waals surface area contributed by atoms with E-state index < -0.39 is 0 Å². The molecule has 6 rings (SSSR count). The number of carbonyl (C=O) groups excluding carboxylic acids is 1. The van der Waals surface area contributed by atoms with Crippen molar-refractivity contribution in [1.29, 1.82) is 0 Å². The second-order valence-corrected chi connectivity index (χ2v) is 13.3. The molecular weight excluding hydrogens is 384 g/mol. The Morgan fingerprint density at radius 3 is 2.79 bits per heavy atom. The molecular formula is C24H30O2S2. The Labute approximate surface area is 176 Å². The van der Waals surface area contributed by atoms with E-state index in [9.17, 15) is 4.79 Å². The van der Waals surface area contributed by atoms with Gasteiger partial charge in [0, 0.05) is 23.3 Å². The summed E-state index contributed by atoms with van der Waals surface area (Å²) in [5.41, 5.74) is 3.24. The highest BCUT2D eigenvalue weighted by Crippen LogP contribution is 2.78. The van der Waals surface area contributed by atoms with Gasteiger partial charge >= 0.3 is 0 Å². The van der Waals surface area contributed by atoms with Crippen LogP contribution in [0, 0.1) is 22.7 Å². The number of fused-ring (bicyclic) bond motifs is 3. The van der Waals surface area contributed by atoms with E-state index in [2.05, 4.69) is 48.6 Å². The van der Waals surface area contributed by atoms with Gasteiger partial charge in [-0.25, -0.2) is 0 Å². The van der Waals surface area contributed by atoms with Crippen LogP contribution < -0.4 is 4.74 Å². The Balaban J connectivity index is 1.46. The molecule has 0 bridgehead atoms. The molecule has 2 spiro atoms. The van der Waals surface area contributed by atoms with Crippen LogP contribution in [0.15, 0.2) is 18.2 Å². The number of aryl methyl sites for hydroxylation is 1. The minimum Gasteiger partial charge on any atom is -0.497 e. The molecule has 4 heteroatoms. The highest BCUT2D eigenvalue weighted by Gasteiger charge is 2.73. The third-order valence-corrected chi connectivity index (χ3v) is 12.8. The number of hydrogen-bond donors (Lipinski definition) is 0. The maximum atomic E-state index is 13.3. The highest BCUT2D eigenvalue weighted by atomic mass is 32.2. The lowest BCUT2D eigenvalue weighted by molar-refractivity contribution is -0.137. The van der Waals surface area contributed by atoms with Crippen LogP contribution in [0.25, 0.3) is 0 Å². The van der Waals surface area contributed by atoms with Gasteiger partial charge in [0.1, 0.15) is 11.5 Å². The lowest BCUT2D eigenvalue weighted by Crippen LogP contribution is -2.53. The van der Waals surface area contributed by atoms with Crippen molar-refractivity contribution in [3.05, 3.63) is 29.3 Å². The third kappa shape index (κ3) is 2.12. The first kappa shape index (κ1) is 18.2. The van der Waals surface area contributed by atoms with Gasteiger partial charge in [-0.3, -0.25) is 4.79 Å². The molecule has 5 aliphatic rings. The Hall–Kier alpha value is -0.610. The minimum atomic E-state index is -0.0734. The van der Waals surface area contributed by atoms with Gasteiger partial charge in [-0.2, -0.15) is 0 Å². The van der Waals surface area contributed by atoms with Gasteiger partial charge in [-0.05, 0) is 85.0 Å². The average molecular weight is 415 g/mol. The lowest BCUT2D eigenvalue weighted by atomic mass is 9.46. The fraction of sp³-hybridized carbons (Fsp3) is 0.708. The number of carbonyl (C=O) groups is 1. The monoisotopic (exact) mass is 414 g/mol. The second kappa shape index (κ2) is 5.97. The molecule has 1 aromatic carbocycles. The predicted octanol–water partition coefficient (Wildman–Crippen LogP) is 5.69. The molecule has 4 fully saturated rings. The minimum absolute atomic E-state index is 0.0734. The Morgan fingerprint density at radius 2 is 2.00 bits per heavy atom. The zero-order chi connectivity index (χ0) is 19.1. The zero-order valence-corrected chi connectivity index (χ0v) is 18.6. The van der Waals surface area contributed by atoms with Gasteiger partial charge in [0.15, 0.2) is 0 Å². The normalized spacial score (nSPS) is 42.8. The predicted molar refractivity (Wildman–Crippen MR) is 117 cm³/mol. The van der Waals surface area contributed by atoms with E-state index >= 15 is 0 Å². The number of thioether (sulfide) groups is 2. The summed E-state index contributed by atoms with van der Waals surface area (Å²) in [4.78, 5) is 13.3. The first-order valence-corrected chi connectivity index (χ1v) is 13.0. The third-order valence-electron chi connectivity index (χ3n) is 9.31. The zero-order valence-electron chi connectivity index (χ0n) is 17.0. The van der Waals surface area contributed by atoms with Crippen LogP contribution in [0.1, 0.15) is 62.5 Å². The number of Topliss-reactive ketones (excluding diaryl/α,β-unsaturated/α-hetero) is 1. The molecule has 0 amide bonds. The molecule has 1 heterocycles. The number of ether oxygens (including phenoxy) is 1. The van der Waals surface area contributed by atoms with Crippen molar-refractivity contribution in [2.75, 3.05) is 18.6 Å². The summed E-state index contributed by atoms with van der Waals surface area (Å²) < 4.78 is 5.91. The molecule has 3 saturated carbocycles. The van der Waals surface area contributed by atoms with Crippen LogP contribution in [0.5, 0.6) is 5.75 Å². The van der Waals surface area contributed by atoms with Gasteiger partial charge in [0.25, 0.3) is 0 Å². The number of benzene rings is 1. The highest BCUT2D eigenvalue weighted by molar-refractivity contribution is 8.21. The van der Waals surface area contributed by atoms with Crippen molar-refractivity contribution in [2.24, 2.45) is 22.7 Å². The molecule has 0 aromatic heterocycles. The molecule has 150 valence electrons. The number of rotatable bonds is 1. The second-order valence-electron chi connectivity index (χ2n) is 10.0. The van der Waals surface area contributed by atoms with Crippen LogP contribution >= 0.6 is 23.5 Å². The lowest BCUT2D eigenvalue weighted by Gasteiger charge is -2.57. The fourth-order valence-electron chi connectivity index (χ4n) is 8.19. The van der Waals surface area contributed by atoms with Gasteiger partial charge in [-0.1, -0.05) is 13.0 Å². The summed E-state index contributed by atoms with van der Waals surface area (Å²) in [6.07, 6.45) is 8.12. The molecule has 1 aromatic rings. The fourth-order valence-corrected chi connectivity index (χ4v) is 11.8. The molecule has 1 aliphatic heterocycles. The van der Waals surface area contributed by atoms with E-state index in [1.165, 1.54) is 42.8 Å². The molecule has 2 nitrogen and oxygen atoms in total. The van der Waals surface area contributed by atoms with Gasteiger partial charge in [0.2, 0.25) is 0 Å². The van der Waals surface area contributed by atoms with Crippen LogP contribution in [-0.2, 0) is 11.2 Å². The number of ketones is 1. The molecule has 28 heavy (non-hydrogen) atoms. The van der Waals surface area contributed by atoms with Crippen LogP contribution in [0.3, 0.4) is 0 Å². The summed E-state index contributed by atoms with van der Waals surface area (Å²) in [5.74, 6) is 6.13. The molecule has 0 unspecified atom stereocenters. The smallest absolute Gasteiger partial charge is 0.139 e. The Morgan fingerprint density at radius 1 is 1.18 bits per heavy atom. The molecule has 1 saturated heterocycles. The summed E-state index contributed by atoms with van der Waals surface area (Å²) in [6.45, 7) is 2.37. The van der Waals surface area contributed by atoms with E-state index in [-0.39, 0.29) is 10.8 Å². The van der Waals surface area contributed by atoms with Crippen molar-refractivity contribution in [3.8, 4) is 5.75 Å². The summed E-state index contributed by atoms with van der Waals surface area (Å²) in [7, 11) is 1.77. The SMILES string of the molecule is COc1ccc2c(c1)CC[C@@H]1[C@@H]2CC[C@]2(C)C(=O)C[C@H]3CC4(C[C@@]312)SCCS4. The first-order chi connectivity index (χ1) is 13.5. The average Bonchev–Trinajstić information content (AvgIpc) is 3.34. The topological polar surface area (TPSA) is 26.3 Å². The van der Waals surface area contributed by atoms with E-state index in [0.29, 0.717) is 27.6 Å². The van der Waals surface area contributed by atoms with Gasteiger partial charge in [-0.15, -0.1) is 23.5 Å². The maximum absolute atomic E-state index is 13.3.